The Kier molecular flexibility index (Phi) is 9.25. The minimum absolute atomic E-state index is 0.0862. The van der Waals surface area contributed by atoms with E-state index in [4.69, 9.17) is 5.11 Å². The largest absolute Gasteiger partial charge is 0.480 e. The van der Waals surface area contributed by atoms with Crippen molar-refractivity contribution in [3.05, 3.63) is 24.3 Å². The number of nitrogens with one attached hydrogen (secondary N) is 3. The topological polar surface area (TPSA) is 125 Å². The summed E-state index contributed by atoms with van der Waals surface area (Å²) in [6, 6.07) is -1.63. The van der Waals surface area contributed by atoms with E-state index >= 15 is 0 Å². The molecule has 8 nitrogen and oxygen atoms in total. The molecule has 0 fully saturated rings. The summed E-state index contributed by atoms with van der Waals surface area (Å²) in [6.07, 6.45) is 9.28. The summed E-state index contributed by atoms with van der Waals surface area (Å²) in [5, 5.41) is 16.3. The van der Waals surface area contributed by atoms with Crippen molar-refractivity contribution in [1.29, 1.82) is 0 Å². The summed E-state index contributed by atoms with van der Waals surface area (Å²) in [6.45, 7) is 4.71. The van der Waals surface area contributed by atoms with Crippen LogP contribution < -0.4 is 16.0 Å². The van der Waals surface area contributed by atoms with E-state index in [2.05, 4.69) is 16.0 Å². The molecule has 1 rings (SSSR count). The Morgan fingerprint density at radius 1 is 1.04 bits per heavy atom. The molecule has 0 aromatic rings. The predicted molar refractivity (Wildman–Crippen MR) is 101 cm³/mol. The Bertz CT molecular complexity index is 614. The van der Waals surface area contributed by atoms with Crippen molar-refractivity contribution in [2.45, 2.75) is 52.1 Å². The molecule has 4 atom stereocenters. The standard InChI is InChI=1S/C19H29N3O5/c1-4-7-15(18(26)20-11-17(24)25)22-19(27)16(21-13(3)23)10-14-9-6-5-8-12(14)2/h5-6,8-9,12,14-16H,4,7,10-11H2,1-3H3,(H,20,26)(H,21,23)(H,22,27)(H,24,25). The van der Waals surface area contributed by atoms with Gasteiger partial charge in [-0.15, -0.1) is 0 Å². The molecule has 1 aliphatic carbocycles. The van der Waals surface area contributed by atoms with Gasteiger partial charge >= 0.3 is 5.97 Å². The SMILES string of the molecule is CCCC(NC(=O)C(CC1C=CC=CC1C)NC(C)=O)C(=O)NCC(=O)O. The first-order valence-corrected chi connectivity index (χ1v) is 9.16. The second kappa shape index (κ2) is 11.2. The van der Waals surface area contributed by atoms with Gasteiger partial charge in [0.05, 0.1) is 0 Å². The molecular weight excluding hydrogens is 350 g/mol. The summed E-state index contributed by atoms with van der Waals surface area (Å²) in [5.41, 5.74) is 0. The Labute approximate surface area is 159 Å². The third-order valence-electron chi connectivity index (χ3n) is 4.39. The molecule has 0 heterocycles. The van der Waals surface area contributed by atoms with Crippen molar-refractivity contribution in [2.75, 3.05) is 6.54 Å². The van der Waals surface area contributed by atoms with E-state index in [9.17, 15) is 19.2 Å². The second-order valence-electron chi connectivity index (χ2n) is 6.74. The highest BCUT2D eigenvalue weighted by molar-refractivity contribution is 5.92. The van der Waals surface area contributed by atoms with Crippen LogP contribution in [0.15, 0.2) is 24.3 Å². The van der Waals surface area contributed by atoms with Crippen LogP contribution in [-0.2, 0) is 19.2 Å². The first-order valence-electron chi connectivity index (χ1n) is 9.16. The van der Waals surface area contributed by atoms with Crippen molar-refractivity contribution in [3.8, 4) is 0 Å². The van der Waals surface area contributed by atoms with E-state index in [-0.39, 0.29) is 17.7 Å². The third kappa shape index (κ3) is 8.06. The molecule has 8 heteroatoms. The fourth-order valence-electron chi connectivity index (χ4n) is 2.92. The predicted octanol–water partition coefficient (Wildman–Crippen LogP) is 0.745. The molecule has 1 aliphatic rings. The van der Waals surface area contributed by atoms with Crippen LogP contribution in [0.25, 0.3) is 0 Å². The van der Waals surface area contributed by atoms with Gasteiger partial charge in [0.25, 0.3) is 0 Å². The van der Waals surface area contributed by atoms with Gasteiger partial charge in [-0.3, -0.25) is 19.2 Å². The molecule has 0 spiro atoms. The molecule has 0 aromatic heterocycles. The average molecular weight is 379 g/mol. The quantitative estimate of drug-likeness (QED) is 0.446. The summed E-state index contributed by atoms with van der Waals surface area (Å²) >= 11 is 0. The highest BCUT2D eigenvalue weighted by Crippen LogP contribution is 2.24. The number of aliphatic carboxylic acids is 1. The first kappa shape index (κ1) is 22.4. The molecule has 4 unspecified atom stereocenters. The van der Waals surface area contributed by atoms with Gasteiger partial charge in [-0.05, 0) is 24.7 Å². The number of carboxylic acid groups (broad SMARTS) is 1. The average Bonchev–Trinajstić information content (AvgIpc) is 2.60. The molecule has 0 saturated heterocycles. The minimum atomic E-state index is -1.16. The Morgan fingerprint density at radius 2 is 1.70 bits per heavy atom. The molecule has 27 heavy (non-hydrogen) atoms. The van der Waals surface area contributed by atoms with Crippen LogP contribution >= 0.6 is 0 Å². The van der Waals surface area contributed by atoms with Crippen molar-refractivity contribution < 1.29 is 24.3 Å². The normalized spacial score (nSPS) is 20.4. The van der Waals surface area contributed by atoms with Crippen LogP contribution in [0.5, 0.6) is 0 Å². The highest BCUT2D eigenvalue weighted by Gasteiger charge is 2.29. The zero-order valence-corrected chi connectivity index (χ0v) is 16.0. The monoisotopic (exact) mass is 379 g/mol. The van der Waals surface area contributed by atoms with E-state index in [1.165, 1.54) is 6.92 Å². The number of rotatable bonds is 10. The molecule has 150 valence electrons. The van der Waals surface area contributed by atoms with Gasteiger partial charge in [-0.1, -0.05) is 44.6 Å². The van der Waals surface area contributed by atoms with E-state index in [0.29, 0.717) is 19.3 Å². The lowest BCUT2D eigenvalue weighted by molar-refractivity contribution is -0.138. The Hall–Kier alpha value is -2.64. The number of amides is 3. The third-order valence-corrected chi connectivity index (χ3v) is 4.39. The van der Waals surface area contributed by atoms with Crippen LogP contribution in [0.1, 0.15) is 40.0 Å². The van der Waals surface area contributed by atoms with Gasteiger partial charge in [0, 0.05) is 6.92 Å². The number of allylic oxidation sites excluding steroid dienone is 4. The van der Waals surface area contributed by atoms with E-state index in [1.807, 2.05) is 38.2 Å². The van der Waals surface area contributed by atoms with E-state index in [0.717, 1.165) is 0 Å². The van der Waals surface area contributed by atoms with Crippen molar-refractivity contribution in [3.63, 3.8) is 0 Å². The zero-order valence-electron chi connectivity index (χ0n) is 16.0. The van der Waals surface area contributed by atoms with Crippen LogP contribution in [0, 0.1) is 11.8 Å². The molecule has 0 saturated carbocycles. The fraction of sp³-hybridized carbons (Fsp3) is 0.579. The van der Waals surface area contributed by atoms with Crippen LogP contribution in [0.3, 0.4) is 0 Å². The number of carbonyl (C=O) groups excluding carboxylic acids is 3. The number of hydrogen-bond acceptors (Lipinski definition) is 4. The fourth-order valence-corrected chi connectivity index (χ4v) is 2.92. The summed E-state index contributed by atoms with van der Waals surface area (Å²) in [4.78, 5) is 47.0. The second-order valence-corrected chi connectivity index (χ2v) is 6.74. The lowest BCUT2D eigenvalue weighted by Gasteiger charge is -2.27. The molecule has 0 aromatic carbocycles. The van der Waals surface area contributed by atoms with Crippen LogP contribution in [-0.4, -0.2) is 47.4 Å². The summed E-state index contributed by atoms with van der Waals surface area (Å²) < 4.78 is 0. The lowest BCUT2D eigenvalue weighted by atomic mass is 9.84. The molecule has 0 bridgehead atoms. The molecular formula is C19H29N3O5. The van der Waals surface area contributed by atoms with Gasteiger partial charge < -0.3 is 21.1 Å². The van der Waals surface area contributed by atoms with Crippen molar-refractivity contribution in [2.24, 2.45) is 11.8 Å². The smallest absolute Gasteiger partial charge is 0.322 e. The van der Waals surface area contributed by atoms with Gasteiger partial charge in [-0.2, -0.15) is 0 Å². The number of hydrogen-bond donors (Lipinski definition) is 4. The molecule has 0 aliphatic heterocycles. The number of carboxylic acids is 1. The van der Waals surface area contributed by atoms with Crippen LogP contribution in [0.2, 0.25) is 0 Å². The summed E-state index contributed by atoms with van der Waals surface area (Å²) in [7, 11) is 0. The van der Waals surface area contributed by atoms with E-state index in [1.54, 1.807) is 0 Å². The number of carbonyl (C=O) groups is 4. The van der Waals surface area contributed by atoms with Gasteiger partial charge in [0.1, 0.15) is 18.6 Å². The van der Waals surface area contributed by atoms with E-state index < -0.39 is 36.4 Å². The molecule has 4 N–H and O–H groups in total. The van der Waals surface area contributed by atoms with Crippen molar-refractivity contribution in [1.82, 2.24) is 16.0 Å². The zero-order chi connectivity index (χ0) is 20.4. The maximum absolute atomic E-state index is 12.7. The molecule has 3 amide bonds. The van der Waals surface area contributed by atoms with Crippen molar-refractivity contribution >= 4 is 23.7 Å². The molecule has 0 radical (unpaired) electrons. The lowest BCUT2D eigenvalue weighted by Crippen LogP contribution is -2.54. The van der Waals surface area contributed by atoms with Crippen LogP contribution in [0.4, 0.5) is 0 Å². The van der Waals surface area contributed by atoms with Gasteiger partial charge in [0.15, 0.2) is 0 Å². The maximum Gasteiger partial charge on any atom is 0.322 e. The summed E-state index contributed by atoms with van der Waals surface area (Å²) in [5.74, 6) is -2.19. The van der Waals surface area contributed by atoms with Gasteiger partial charge in [0.2, 0.25) is 17.7 Å². The minimum Gasteiger partial charge on any atom is -0.480 e. The Morgan fingerprint density at radius 3 is 2.26 bits per heavy atom. The Balaban J connectivity index is 2.80. The maximum atomic E-state index is 12.7. The first-order chi connectivity index (χ1) is 12.7. The highest BCUT2D eigenvalue weighted by atomic mass is 16.4. The van der Waals surface area contributed by atoms with Gasteiger partial charge in [-0.25, -0.2) is 0 Å².